The van der Waals surface area contributed by atoms with Gasteiger partial charge in [0.25, 0.3) is 0 Å². The summed E-state index contributed by atoms with van der Waals surface area (Å²) in [6, 6.07) is 8.04. The Bertz CT molecular complexity index is 510. The van der Waals surface area contributed by atoms with Gasteiger partial charge >= 0.3 is 5.97 Å². The number of aliphatic hydroxyl groups excluding tert-OH is 3. The average Bonchev–Trinajstić information content (AvgIpc) is 2.50. The lowest BCUT2D eigenvalue weighted by Gasteiger charge is -2.44. The van der Waals surface area contributed by atoms with E-state index in [9.17, 15) is 25.2 Å². The molecular formula is C15H21NO6. The third kappa shape index (κ3) is 3.63. The predicted octanol–water partition coefficient (Wildman–Crippen LogP) is -0.899. The topological polar surface area (TPSA) is 119 Å². The van der Waals surface area contributed by atoms with Crippen LogP contribution in [0, 0.1) is 0 Å². The fraction of sp³-hybridized carbons (Fsp3) is 0.533. The van der Waals surface area contributed by atoms with Crippen molar-refractivity contribution in [2.75, 3.05) is 6.61 Å². The van der Waals surface area contributed by atoms with Crippen LogP contribution in [0.25, 0.3) is 0 Å². The van der Waals surface area contributed by atoms with E-state index in [2.05, 4.69) is 5.32 Å². The van der Waals surface area contributed by atoms with Gasteiger partial charge in [-0.2, -0.15) is 0 Å². The second-order valence-corrected chi connectivity index (χ2v) is 5.65. The maximum absolute atomic E-state index is 11.5. The van der Waals surface area contributed by atoms with E-state index in [0.717, 1.165) is 5.56 Å². The van der Waals surface area contributed by atoms with Crippen molar-refractivity contribution in [1.29, 1.82) is 0 Å². The molecule has 1 aliphatic heterocycles. The molecule has 0 amide bonds. The number of nitrogens with one attached hydrogen (secondary N) is 1. The predicted molar refractivity (Wildman–Crippen MR) is 77.1 cm³/mol. The molecule has 0 aliphatic carbocycles. The second-order valence-electron chi connectivity index (χ2n) is 5.65. The zero-order valence-corrected chi connectivity index (χ0v) is 12.2. The van der Waals surface area contributed by atoms with Crippen LogP contribution in [0.4, 0.5) is 0 Å². The van der Waals surface area contributed by atoms with E-state index in [4.69, 9.17) is 4.74 Å². The van der Waals surface area contributed by atoms with Gasteiger partial charge < -0.3 is 25.2 Å². The Morgan fingerprint density at radius 1 is 1.36 bits per heavy atom. The Balaban J connectivity index is 2.12. The summed E-state index contributed by atoms with van der Waals surface area (Å²) < 4.78 is 5.34. The maximum Gasteiger partial charge on any atom is 0.321 e. The molecule has 1 aromatic carbocycles. The summed E-state index contributed by atoms with van der Waals surface area (Å²) in [6.45, 7) is 1.26. The Kier molecular flexibility index (Phi) is 5.15. The van der Waals surface area contributed by atoms with Crippen LogP contribution in [0.15, 0.2) is 30.3 Å². The molecule has 122 valence electrons. The summed E-state index contributed by atoms with van der Waals surface area (Å²) in [5.41, 5.74) is -0.645. The van der Waals surface area contributed by atoms with Crippen LogP contribution in [0.1, 0.15) is 12.5 Å². The molecule has 0 unspecified atom stereocenters. The lowest BCUT2D eigenvalue weighted by Crippen LogP contribution is -2.68. The highest BCUT2D eigenvalue weighted by Crippen LogP contribution is 2.24. The number of ether oxygens (including phenoxy) is 1. The Labute approximate surface area is 128 Å². The van der Waals surface area contributed by atoms with Crippen molar-refractivity contribution in [3.8, 4) is 0 Å². The Morgan fingerprint density at radius 2 is 2.00 bits per heavy atom. The number of benzene rings is 1. The minimum atomic E-state index is -1.46. The molecule has 5 N–H and O–H groups in total. The van der Waals surface area contributed by atoms with Gasteiger partial charge in [-0.15, -0.1) is 0 Å². The third-order valence-electron chi connectivity index (χ3n) is 3.88. The van der Waals surface area contributed by atoms with Crippen molar-refractivity contribution in [2.45, 2.75) is 43.4 Å². The number of carboxylic acid groups (broad SMARTS) is 1. The van der Waals surface area contributed by atoms with E-state index in [-0.39, 0.29) is 13.0 Å². The summed E-state index contributed by atoms with van der Waals surface area (Å²) >= 11 is 0. The van der Waals surface area contributed by atoms with Crippen molar-refractivity contribution < 1.29 is 30.0 Å². The van der Waals surface area contributed by atoms with Crippen LogP contribution >= 0.6 is 0 Å². The number of aliphatic carboxylic acids is 1. The molecule has 1 heterocycles. The lowest BCUT2D eigenvalue weighted by molar-refractivity contribution is -0.243. The number of carbonyl (C=O) groups is 1. The zero-order chi connectivity index (χ0) is 16.3. The molecule has 0 radical (unpaired) electrons. The lowest BCUT2D eigenvalue weighted by atomic mass is 9.94. The number of hydrogen-bond acceptors (Lipinski definition) is 6. The van der Waals surface area contributed by atoms with Gasteiger partial charge in [-0.25, -0.2) is 0 Å². The van der Waals surface area contributed by atoms with E-state index < -0.39 is 36.0 Å². The average molecular weight is 311 g/mol. The van der Waals surface area contributed by atoms with Crippen molar-refractivity contribution >= 4 is 5.97 Å². The van der Waals surface area contributed by atoms with Crippen molar-refractivity contribution in [1.82, 2.24) is 5.32 Å². The smallest absolute Gasteiger partial charge is 0.321 e. The first-order valence-electron chi connectivity index (χ1n) is 7.06. The number of aliphatic hydroxyl groups is 3. The molecule has 0 spiro atoms. The first kappa shape index (κ1) is 16.9. The van der Waals surface area contributed by atoms with E-state index >= 15 is 0 Å². The van der Waals surface area contributed by atoms with Crippen LogP contribution in [-0.2, 0) is 16.0 Å². The van der Waals surface area contributed by atoms with E-state index in [1.165, 1.54) is 6.92 Å². The SMILES string of the molecule is C[C@@]1(N[C@@H](Cc2ccccc2)C(=O)O)OC[C@@H](O)[C@@H](O)[C@@H]1O. The zero-order valence-electron chi connectivity index (χ0n) is 12.2. The summed E-state index contributed by atoms with van der Waals surface area (Å²) in [6.07, 6.45) is -3.87. The highest BCUT2D eigenvalue weighted by Gasteiger charge is 2.47. The van der Waals surface area contributed by atoms with Gasteiger partial charge in [-0.3, -0.25) is 10.1 Å². The summed E-state index contributed by atoms with van der Waals surface area (Å²) in [4.78, 5) is 11.5. The summed E-state index contributed by atoms with van der Waals surface area (Å²) in [5, 5.41) is 41.4. The molecule has 1 fully saturated rings. The standard InChI is InChI=1S/C15H21NO6/c1-15(13(19)12(18)11(17)8-22-15)16-10(14(20)21)7-9-5-3-2-4-6-9/h2-6,10-13,16-19H,7-8H2,1H3,(H,20,21)/t10-,11+,12+,13-,15+/m0/s1. The molecule has 22 heavy (non-hydrogen) atoms. The molecule has 5 atom stereocenters. The van der Waals surface area contributed by atoms with Gasteiger partial charge in [0.1, 0.15) is 30.1 Å². The molecule has 0 saturated carbocycles. The molecular weight excluding hydrogens is 290 g/mol. The monoisotopic (exact) mass is 311 g/mol. The van der Waals surface area contributed by atoms with Crippen LogP contribution < -0.4 is 5.32 Å². The van der Waals surface area contributed by atoms with Crippen molar-refractivity contribution in [3.05, 3.63) is 35.9 Å². The normalized spacial score (nSPS) is 33.4. The second kappa shape index (κ2) is 6.72. The van der Waals surface area contributed by atoms with Gasteiger partial charge in [0.15, 0.2) is 0 Å². The Hall–Kier alpha value is -1.51. The first-order valence-corrected chi connectivity index (χ1v) is 7.06. The third-order valence-corrected chi connectivity index (χ3v) is 3.88. The van der Waals surface area contributed by atoms with Crippen LogP contribution in [-0.4, -0.2) is 63.1 Å². The van der Waals surface area contributed by atoms with E-state index in [1.54, 1.807) is 12.1 Å². The van der Waals surface area contributed by atoms with Crippen LogP contribution in [0.2, 0.25) is 0 Å². The maximum atomic E-state index is 11.5. The largest absolute Gasteiger partial charge is 0.480 e. The fourth-order valence-corrected chi connectivity index (χ4v) is 2.50. The van der Waals surface area contributed by atoms with Crippen LogP contribution in [0.3, 0.4) is 0 Å². The minimum absolute atomic E-state index is 0.195. The van der Waals surface area contributed by atoms with Crippen molar-refractivity contribution in [2.24, 2.45) is 0 Å². The summed E-state index contributed by atoms with van der Waals surface area (Å²) in [7, 11) is 0. The number of carboxylic acids is 1. The molecule has 0 bridgehead atoms. The highest BCUT2D eigenvalue weighted by atomic mass is 16.5. The first-order chi connectivity index (χ1) is 10.3. The van der Waals surface area contributed by atoms with Gasteiger partial charge in [0.2, 0.25) is 0 Å². The molecule has 1 aromatic rings. The van der Waals surface area contributed by atoms with Gasteiger partial charge in [0, 0.05) is 0 Å². The molecule has 1 aliphatic rings. The highest BCUT2D eigenvalue weighted by molar-refractivity contribution is 5.74. The van der Waals surface area contributed by atoms with Gasteiger partial charge in [0.05, 0.1) is 6.61 Å². The minimum Gasteiger partial charge on any atom is -0.480 e. The molecule has 7 nitrogen and oxygen atoms in total. The van der Waals surface area contributed by atoms with Crippen LogP contribution in [0.5, 0.6) is 0 Å². The van der Waals surface area contributed by atoms with E-state index in [1.807, 2.05) is 18.2 Å². The molecule has 7 heteroatoms. The Morgan fingerprint density at radius 3 is 2.59 bits per heavy atom. The number of rotatable bonds is 5. The van der Waals surface area contributed by atoms with Gasteiger partial charge in [-0.1, -0.05) is 30.3 Å². The number of hydrogen-bond donors (Lipinski definition) is 5. The molecule has 0 aromatic heterocycles. The van der Waals surface area contributed by atoms with Gasteiger partial charge in [-0.05, 0) is 18.9 Å². The molecule has 2 rings (SSSR count). The molecule has 1 saturated heterocycles. The summed E-state index contributed by atoms with van der Waals surface area (Å²) in [5.74, 6) is -1.10. The van der Waals surface area contributed by atoms with Crippen molar-refractivity contribution in [3.63, 3.8) is 0 Å². The van der Waals surface area contributed by atoms with E-state index in [0.29, 0.717) is 0 Å². The fourth-order valence-electron chi connectivity index (χ4n) is 2.50. The quantitative estimate of drug-likeness (QED) is 0.478.